The number of phenols is 2. The van der Waals surface area contributed by atoms with Crippen molar-refractivity contribution in [1.82, 2.24) is 10.6 Å². The maximum absolute atomic E-state index is 11.5. The first-order valence-corrected chi connectivity index (χ1v) is 11.6. The number of hydrogen-bond acceptors (Lipinski definition) is 8. The van der Waals surface area contributed by atoms with E-state index in [1.165, 1.54) is 33.7 Å². The second-order valence-corrected chi connectivity index (χ2v) is 8.92. The molecule has 0 bridgehead atoms. The highest BCUT2D eigenvalue weighted by Crippen LogP contribution is 2.24. The smallest absolute Gasteiger partial charge is 0.321 e. The van der Waals surface area contributed by atoms with Gasteiger partial charge in [0, 0.05) is 35.7 Å². The lowest BCUT2D eigenvalue weighted by Crippen LogP contribution is -2.39. The van der Waals surface area contributed by atoms with Crippen LogP contribution in [0.3, 0.4) is 0 Å². The quantitative estimate of drug-likeness (QED) is 0.198. The van der Waals surface area contributed by atoms with E-state index in [0.29, 0.717) is 11.1 Å². The van der Waals surface area contributed by atoms with E-state index in [2.05, 4.69) is 10.6 Å². The lowest BCUT2D eigenvalue weighted by molar-refractivity contribution is -0.139. The average molecular weight is 453 g/mol. The maximum Gasteiger partial charge on any atom is 0.321 e. The van der Waals surface area contributed by atoms with Gasteiger partial charge in [0.25, 0.3) is 0 Å². The van der Waals surface area contributed by atoms with Gasteiger partial charge in [-0.3, -0.25) is 20.2 Å². The third-order valence-corrected chi connectivity index (χ3v) is 6.63. The van der Waals surface area contributed by atoms with Crippen LogP contribution in [0.1, 0.15) is 11.1 Å². The minimum atomic E-state index is -1.02. The third kappa shape index (κ3) is 7.79. The van der Waals surface area contributed by atoms with Crippen LogP contribution in [0.25, 0.3) is 0 Å². The van der Waals surface area contributed by atoms with Crippen molar-refractivity contribution in [3.8, 4) is 11.5 Å². The molecule has 0 amide bonds. The molecule has 0 fully saturated rings. The van der Waals surface area contributed by atoms with Crippen molar-refractivity contribution in [3.63, 3.8) is 0 Å². The van der Waals surface area contributed by atoms with Gasteiger partial charge in [0.2, 0.25) is 0 Å². The van der Waals surface area contributed by atoms with Gasteiger partial charge >= 0.3 is 11.9 Å². The first-order chi connectivity index (χ1) is 14.4. The molecule has 6 N–H and O–H groups in total. The van der Waals surface area contributed by atoms with E-state index in [1.54, 1.807) is 36.4 Å². The highest BCUT2D eigenvalue weighted by Gasteiger charge is 2.20. The number of hydrogen-bond donors (Lipinski definition) is 6. The van der Waals surface area contributed by atoms with Crippen LogP contribution in [0.5, 0.6) is 11.5 Å². The zero-order valence-electron chi connectivity index (χ0n) is 16.0. The van der Waals surface area contributed by atoms with E-state index < -0.39 is 24.0 Å². The Kier molecular flexibility index (Phi) is 9.81. The van der Waals surface area contributed by atoms with E-state index in [0.717, 1.165) is 0 Å². The lowest BCUT2D eigenvalue weighted by Gasteiger charge is -2.16. The van der Waals surface area contributed by atoms with Crippen molar-refractivity contribution >= 4 is 33.5 Å². The molecule has 162 valence electrons. The highest BCUT2D eigenvalue weighted by atomic mass is 33.1. The summed E-state index contributed by atoms with van der Waals surface area (Å²) in [6.45, 7) is 0.406. The van der Waals surface area contributed by atoms with E-state index in [4.69, 9.17) is 0 Å². The fourth-order valence-electron chi connectivity index (χ4n) is 2.45. The molecule has 8 nitrogen and oxygen atoms in total. The normalized spacial score (nSPS) is 12.9. The first-order valence-electron chi connectivity index (χ1n) is 9.09. The standard InChI is InChI=1S/C20H24N2O6S2/c23-17-7-3-1-5-13(17)9-21-15(19(25)26)11-29-30-12-16(20(27)28)22-10-14-6-2-4-8-18(14)24/h1-8,15-16,21-24H,9-12H2,(H,25,26)(H,27,28)/t15-,16-/m1/s1. The van der Waals surface area contributed by atoms with Crippen LogP contribution >= 0.6 is 21.6 Å². The van der Waals surface area contributed by atoms with Crippen LogP contribution in [0.2, 0.25) is 0 Å². The second-order valence-electron chi connectivity index (χ2n) is 6.37. The largest absolute Gasteiger partial charge is 0.508 e. The Morgan fingerprint density at radius 3 is 1.43 bits per heavy atom. The highest BCUT2D eigenvalue weighted by molar-refractivity contribution is 8.76. The van der Waals surface area contributed by atoms with Crippen molar-refractivity contribution in [2.24, 2.45) is 0 Å². The molecule has 0 spiro atoms. The maximum atomic E-state index is 11.5. The number of para-hydroxylation sites is 2. The summed E-state index contributed by atoms with van der Waals surface area (Å²) in [5.74, 6) is -1.41. The summed E-state index contributed by atoms with van der Waals surface area (Å²) < 4.78 is 0. The van der Waals surface area contributed by atoms with Gasteiger partial charge in [-0.05, 0) is 12.1 Å². The number of aromatic hydroxyl groups is 2. The zero-order valence-corrected chi connectivity index (χ0v) is 17.7. The molecule has 0 heterocycles. The Morgan fingerprint density at radius 1 is 0.733 bits per heavy atom. The number of carboxylic acid groups (broad SMARTS) is 2. The fraction of sp³-hybridized carbons (Fsp3) is 0.300. The van der Waals surface area contributed by atoms with Crippen LogP contribution < -0.4 is 10.6 Å². The summed E-state index contributed by atoms with van der Waals surface area (Å²) in [6.07, 6.45) is 0. The van der Waals surface area contributed by atoms with Gasteiger partial charge in [-0.1, -0.05) is 58.0 Å². The van der Waals surface area contributed by atoms with E-state index >= 15 is 0 Å². The summed E-state index contributed by atoms with van der Waals surface area (Å²) in [5.41, 5.74) is 1.20. The average Bonchev–Trinajstić information content (AvgIpc) is 2.71. The topological polar surface area (TPSA) is 139 Å². The lowest BCUT2D eigenvalue weighted by atomic mass is 10.2. The van der Waals surface area contributed by atoms with E-state index in [1.807, 2.05) is 0 Å². The third-order valence-electron chi connectivity index (χ3n) is 4.21. The Hall–Kier alpha value is -2.40. The Labute approximate surface area is 182 Å². The Morgan fingerprint density at radius 2 is 1.10 bits per heavy atom. The molecule has 0 saturated heterocycles. The summed E-state index contributed by atoms with van der Waals surface area (Å²) in [7, 11) is 2.52. The van der Waals surface area contributed by atoms with E-state index in [9.17, 15) is 30.0 Å². The van der Waals surface area contributed by atoms with Gasteiger partial charge in [-0.15, -0.1) is 0 Å². The molecular formula is C20H24N2O6S2. The van der Waals surface area contributed by atoms with Crippen molar-refractivity contribution in [2.75, 3.05) is 11.5 Å². The molecular weight excluding hydrogens is 428 g/mol. The number of aliphatic carboxylic acids is 2. The van der Waals surface area contributed by atoms with Crippen LogP contribution in [0.15, 0.2) is 48.5 Å². The van der Waals surface area contributed by atoms with Gasteiger partial charge in [0.05, 0.1) is 0 Å². The zero-order chi connectivity index (χ0) is 21.9. The Bertz CT molecular complexity index is 782. The Balaban J connectivity index is 1.77. The molecule has 0 aliphatic carbocycles. The molecule has 0 radical (unpaired) electrons. The predicted octanol–water partition coefficient (Wildman–Crippen LogP) is 2.27. The minimum Gasteiger partial charge on any atom is -0.508 e. The monoisotopic (exact) mass is 452 g/mol. The number of carboxylic acids is 2. The summed E-state index contributed by atoms with van der Waals surface area (Å²) in [6, 6.07) is 11.7. The predicted molar refractivity (Wildman–Crippen MR) is 118 cm³/mol. The molecule has 30 heavy (non-hydrogen) atoms. The molecule has 0 aliphatic rings. The van der Waals surface area contributed by atoms with Gasteiger partial charge in [0.1, 0.15) is 23.6 Å². The number of rotatable bonds is 13. The van der Waals surface area contributed by atoms with Crippen molar-refractivity contribution in [2.45, 2.75) is 25.2 Å². The molecule has 0 aliphatic heterocycles. The number of phenolic OH excluding ortho intramolecular Hbond substituents is 2. The van der Waals surface area contributed by atoms with Gasteiger partial charge in [0.15, 0.2) is 0 Å². The van der Waals surface area contributed by atoms with E-state index in [-0.39, 0.29) is 36.1 Å². The summed E-state index contributed by atoms with van der Waals surface area (Å²) >= 11 is 0. The molecule has 0 aromatic heterocycles. The molecule has 2 atom stereocenters. The molecule has 0 saturated carbocycles. The van der Waals surface area contributed by atoms with Crippen molar-refractivity contribution < 1.29 is 30.0 Å². The van der Waals surface area contributed by atoms with Crippen LogP contribution in [0.4, 0.5) is 0 Å². The number of nitrogens with one attached hydrogen (secondary N) is 2. The minimum absolute atomic E-state index is 0.0935. The summed E-state index contributed by atoms with van der Waals surface area (Å²) in [5, 5.41) is 44.1. The molecule has 0 unspecified atom stereocenters. The van der Waals surface area contributed by atoms with Gasteiger partial charge < -0.3 is 20.4 Å². The van der Waals surface area contributed by atoms with Gasteiger partial charge in [-0.2, -0.15) is 0 Å². The number of benzene rings is 2. The van der Waals surface area contributed by atoms with Crippen LogP contribution in [0, 0.1) is 0 Å². The van der Waals surface area contributed by atoms with Crippen LogP contribution in [-0.2, 0) is 22.7 Å². The molecule has 2 aromatic rings. The second kappa shape index (κ2) is 12.3. The van der Waals surface area contributed by atoms with Gasteiger partial charge in [-0.25, -0.2) is 0 Å². The SMILES string of the molecule is O=C(O)[C@@H](CSSC[C@@H](NCc1ccccc1O)C(=O)O)NCc1ccccc1O. The summed E-state index contributed by atoms with van der Waals surface area (Å²) in [4.78, 5) is 22.9. The molecule has 2 rings (SSSR count). The molecule has 10 heteroatoms. The first kappa shape index (κ1) is 23.9. The van der Waals surface area contributed by atoms with Crippen molar-refractivity contribution in [3.05, 3.63) is 59.7 Å². The van der Waals surface area contributed by atoms with Crippen LogP contribution in [-0.4, -0.2) is 56.0 Å². The number of carbonyl (C=O) groups is 2. The fourth-order valence-corrected chi connectivity index (χ4v) is 4.83. The van der Waals surface area contributed by atoms with Crippen molar-refractivity contribution in [1.29, 1.82) is 0 Å². The molecule has 2 aromatic carbocycles.